The lowest BCUT2D eigenvalue weighted by molar-refractivity contribution is -0.112. The highest BCUT2D eigenvalue weighted by molar-refractivity contribution is 6.47. The van der Waals surface area contributed by atoms with E-state index in [0.717, 1.165) is 54.5 Å². The maximum absolute atomic E-state index is 13.2. The summed E-state index contributed by atoms with van der Waals surface area (Å²) in [4.78, 5) is 35.1. The van der Waals surface area contributed by atoms with Crippen LogP contribution < -0.4 is 15.1 Å². The van der Waals surface area contributed by atoms with Gasteiger partial charge in [-0.3, -0.25) is 9.59 Å². The Kier molecular flexibility index (Phi) is 6.54. The molecule has 0 bridgehead atoms. The molecule has 0 aliphatic carbocycles. The number of aromatic nitrogens is 2. The number of nitrogens with zero attached hydrogens (tertiary/aromatic N) is 4. The van der Waals surface area contributed by atoms with E-state index in [1.807, 2.05) is 99.0 Å². The van der Waals surface area contributed by atoms with Crippen molar-refractivity contribution in [1.29, 1.82) is 0 Å². The van der Waals surface area contributed by atoms with Gasteiger partial charge < -0.3 is 19.7 Å². The van der Waals surface area contributed by atoms with Crippen LogP contribution in [0.15, 0.2) is 85.1 Å². The fourth-order valence-electron chi connectivity index (χ4n) is 4.63. The fourth-order valence-corrected chi connectivity index (χ4v) is 4.63. The van der Waals surface area contributed by atoms with Crippen LogP contribution in [0.5, 0.6) is 0 Å². The number of aryl methyl sites for hydroxylation is 1. The zero-order valence-electron chi connectivity index (χ0n) is 20.5. The van der Waals surface area contributed by atoms with E-state index >= 15 is 0 Å². The molecular weight excluding hydrogens is 450 g/mol. The van der Waals surface area contributed by atoms with Crippen LogP contribution in [0.25, 0.3) is 11.1 Å². The third kappa shape index (κ3) is 4.73. The molecule has 2 aromatic carbocycles. The Morgan fingerprint density at radius 3 is 2.17 bits per heavy atom. The van der Waals surface area contributed by atoms with Gasteiger partial charge in [0.25, 0.3) is 11.7 Å². The molecule has 0 atom stereocenters. The van der Waals surface area contributed by atoms with Crippen LogP contribution in [-0.2, 0) is 11.8 Å². The molecule has 4 aromatic rings. The van der Waals surface area contributed by atoms with Gasteiger partial charge in [0, 0.05) is 62.1 Å². The molecule has 182 valence electrons. The normalized spacial score (nSPS) is 13.5. The molecule has 0 unspecified atom stereocenters. The standard InChI is InChI=1S/C29H29N5O2/c1-21-20-25(22-8-4-3-5-9-22)27(32(21)2)28(35)29(36)31-23-11-13-24(14-12-23)33-16-18-34(19-17-33)26-10-6-7-15-30-26/h3-15,20H,16-19H2,1-2H3,(H,31,36). The molecule has 1 fully saturated rings. The van der Waals surface area contributed by atoms with Crippen molar-refractivity contribution in [2.24, 2.45) is 7.05 Å². The van der Waals surface area contributed by atoms with Crippen molar-refractivity contribution < 1.29 is 9.59 Å². The van der Waals surface area contributed by atoms with Crippen molar-refractivity contribution in [2.75, 3.05) is 41.3 Å². The number of Topliss-reactive ketones (excluding diaryl/α,β-unsaturated/α-hetero) is 1. The summed E-state index contributed by atoms with van der Waals surface area (Å²) in [5.74, 6) is -0.201. The first kappa shape index (κ1) is 23.4. The summed E-state index contributed by atoms with van der Waals surface area (Å²) in [7, 11) is 1.81. The third-order valence-electron chi connectivity index (χ3n) is 6.72. The maximum atomic E-state index is 13.2. The van der Waals surface area contributed by atoms with Crippen LogP contribution in [0, 0.1) is 6.92 Å². The second-order valence-electron chi connectivity index (χ2n) is 8.97. The first-order valence-corrected chi connectivity index (χ1v) is 12.1. The van der Waals surface area contributed by atoms with Crippen LogP contribution in [0.2, 0.25) is 0 Å². The summed E-state index contributed by atoms with van der Waals surface area (Å²) >= 11 is 0. The van der Waals surface area contributed by atoms with Crippen molar-refractivity contribution in [3.05, 3.63) is 96.4 Å². The number of benzene rings is 2. The highest BCUT2D eigenvalue weighted by atomic mass is 16.2. The van der Waals surface area contributed by atoms with E-state index in [1.165, 1.54) is 0 Å². The minimum absolute atomic E-state index is 0.388. The van der Waals surface area contributed by atoms with E-state index < -0.39 is 11.7 Å². The van der Waals surface area contributed by atoms with E-state index in [0.29, 0.717) is 11.4 Å². The minimum atomic E-state index is -0.648. The predicted octanol–water partition coefficient (Wildman–Crippen LogP) is 4.54. The second-order valence-corrected chi connectivity index (χ2v) is 8.97. The predicted molar refractivity (Wildman–Crippen MR) is 144 cm³/mol. The Labute approximate surface area is 211 Å². The number of anilines is 3. The number of ketones is 1. The highest BCUT2D eigenvalue weighted by Crippen LogP contribution is 2.28. The van der Waals surface area contributed by atoms with E-state index in [2.05, 4.69) is 20.1 Å². The smallest absolute Gasteiger partial charge is 0.298 e. The average Bonchev–Trinajstić information content (AvgIpc) is 3.23. The molecule has 1 aliphatic rings. The van der Waals surface area contributed by atoms with Gasteiger partial charge in [0.05, 0.1) is 0 Å². The summed E-state index contributed by atoms with van der Waals surface area (Å²) < 4.78 is 1.78. The van der Waals surface area contributed by atoms with Crippen LogP contribution >= 0.6 is 0 Å². The van der Waals surface area contributed by atoms with Crippen LogP contribution in [-0.4, -0.2) is 47.4 Å². The largest absolute Gasteiger partial charge is 0.368 e. The summed E-state index contributed by atoms with van der Waals surface area (Å²) in [5, 5.41) is 2.78. The molecule has 36 heavy (non-hydrogen) atoms. The Balaban J connectivity index is 1.24. The van der Waals surface area contributed by atoms with E-state index in [4.69, 9.17) is 0 Å². The Bertz CT molecular complexity index is 1360. The van der Waals surface area contributed by atoms with E-state index in [-0.39, 0.29) is 0 Å². The molecule has 2 aromatic heterocycles. The Morgan fingerprint density at radius 2 is 1.50 bits per heavy atom. The lowest BCUT2D eigenvalue weighted by Gasteiger charge is -2.36. The quantitative estimate of drug-likeness (QED) is 0.325. The molecule has 1 saturated heterocycles. The number of nitrogens with one attached hydrogen (secondary N) is 1. The van der Waals surface area contributed by atoms with Crippen molar-refractivity contribution >= 4 is 28.9 Å². The summed E-state index contributed by atoms with van der Waals surface area (Å²) in [5.41, 5.74) is 4.65. The summed E-state index contributed by atoms with van der Waals surface area (Å²) in [6.45, 7) is 5.48. The molecule has 1 aliphatic heterocycles. The van der Waals surface area contributed by atoms with Crippen LogP contribution in [0.4, 0.5) is 17.2 Å². The van der Waals surface area contributed by atoms with Crippen molar-refractivity contribution in [3.63, 3.8) is 0 Å². The molecule has 1 amide bonds. The van der Waals surface area contributed by atoms with Crippen LogP contribution in [0.3, 0.4) is 0 Å². The van der Waals surface area contributed by atoms with Crippen LogP contribution in [0.1, 0.15) is 16.2 Å². The summed E-state index contributed by atoms with van der Waals surface area (Å²) in [6.07, 6.45) is 1.82. The van der Waals surface area contributed by atoms with E-state index in [1.54, 1.807) is 4.57 Å². The number of carbonyl (C=O) groups excluding carboxylic acids is 2. The molecule has 0 saturated carbocycles. The van der Waals surface area contributed by atoms with Gasteiger partial charge in [-0.2, -0.15) is 0 Å². The zero-order valence-corrected chi connectivity index (χ0v) is 20.5. The zero-order chi connectivity index (χ0) is 25.1. The van der Waals surface area contributed by atoms with Gasteiger partial charge in [0.15, 0.2) is 0 Å². The van der Waals surface area contributed by atoms with Gasteiger partial charge in [-0.25, -0.2) is 4.98 Å². The van der Waals surface area contributed by atoms with Gasteiger partial charge in [-0.05, 0) is 55.0 Å². The number of rotatable bonds is 6. The van der Waals surface area contributed by atoms with Crippen molar-refractivity contribution in [3.8, 4) is 11.1 Å². The van der Waals surface area contributed by atoms with Gasteiger partial charge in [-0.15, -0.1) is 0 Å². The second kappa shape index (κ2) is 10.1. The Morgan fingerprint density at radius 1 is 0.833 bits per heavy atom. The minimum Gasteiger partial charge on any atom is -0.368 e. The monoisotopic (exact) mass is 479 g/mol. The summed E-state index contributed by atoms with van der Waals surface area (Å²) in [6, 6.07) is 25.2. The number of hydrogen-bond donors (Lipinski definition) is 1. The molecule has 1 N–H and O–H groups in total. The SMILES string of the molecule is Cc1cc(-c2ccccc2)c(C(=O)C(=O)Nc2ccc(N3CCN(c4ccccn4)CC3)cc2)n1C. The number of amides is 1. The third-order valence-corrected chi connectivity index (χ3v) is 6.72. The number of piperazine rings is 1. The van der Waals surface area contributed by atoms with Gasteiger partial charge in [0.1, 0.15) is 11.5 Å². The number of hydrogen-bond acceptors (Lipinski definition) is 5. The van der Waals surface area contributed by atoms with Gasteiger partial charge >= 0.3 is 0 Å². The maximum Gasteiger partial charge on any atom is 0.298 e. The number of pyridine rings is 1. The van der Waals surface area contributed by atoms with Gasteiger partial charge in [0.2, 0.25) is 0 Å². The molecule has 5 rings (SSSR count). The van der Waals surface area contributed by atoms with Gasteiger partial charge in [-0.1, -0.05) is 36.4 Å². The average molecular weight is 480 g/mol. The topological polar surface area (TPSA) is 70.5 Å². The first-order valence-electron chi connectivity index (χ1n) is 12.1. The Hall–Kier alpha value is -4.39. The van der Waals surface area contributed by atoms with Crippen molar-refractivity contribution in [1.82, 2.24) is 9.55 Å². The first-order chi connectivity index (χ1) is 17.5. The molecule has 3 heterocycles. The molecule has 7 nitrogen and oxygen atoms in total. The fraction of sp³-hybridized carbons (Fsp3) is 0.207. The highest BCUT2D eigenvalue weighted by Gasteiger charge is 2.25. The number of carbonyl (C=O) groups is 2. The molecular formula is C29H29N5O2. The molecule has 0 radical (unpaired) electrons. The van der Waals surface area contributed by atoms with E-state index in [9.17, 15) is 9.59 Å². The molecule has 7 heteroatoms. The lowest BCUT2D eigenvalue weighted by Crippen LogP contribution is -2.46. The van der Waals surface area contributed by atoms with Crippen molar-refractivity contribution in [2.45, 2.75) is 6.92 Å². The molecule has 0 spiro atoms. The lowest BCUT2D eigenvalue weighted by atomic mass is 10.0.